The third kappa shape index (κ3) is 2.85. The van der Waals surface area contributed by atoms with Gasteiger partial charge in [0.15, 0.2) is 0 Å². The highest BCUT2D eigenvalue weighted by molar-refractivity contribution is 5.24. The minimum atomic E-state index is 0.418. The van der Waals surface area contributed by atoms with E-state index in [0.717, 1.165) is 13.0 Å². The fraction of sp³-hybridized carbons (Fsp3) is 0.769. The van der Waals surface area contributed by atoms with Gasteiger partial charge < -0.3 is 5.32 Å². The molecule has 1 aromatic heterocycles. The fourth-order valence-corrected chi connectivity index (χ4v) is 2.13. The molecule has 0 radical (unpaired) electrons. The van der Waals surface area contributed by atoms with E-state index in [1.165, 1.54) is 17.0 Å². The second-order valence-corrected chi connectivity index (χ2v) is 4.86. The van der Waals surface area contributed by atoms with Crippen LogP contribution in [0, 0.1) is 13.8 Å². The van der Waals surface area contributed by atoms with Crippen LogP contribution in [0.3, 0.4) is 0 Å². The van der Waals surface area contributed by atoms with Gasteiger partial charge in [-0.2, -0.15) is 5.10 Å². The Morgan fingerprint density at radius 2 is 1.88 bits per heavy atom. The molecule has 0 aliphatic rings. The zero-order valence-corrected chi connectivity index (χ0v) is 11.5. The molecular weight excluding hydrogens is 198 g/mol. The van der Waals surface area contributed by atoms with E-state index < -0.39 is 0 Å². The molecule has 0 bridgehead atoms. The first-order chi connectivity index (χ1) is 7.47. The van der Waals surface area contributed by atoms with Crippen LogP contribution >= 0.6 is 0 Å². The summed E-state index contributed by atoms with van der Waals surface area (Å²) in [7, 11) is 0. The smallest absolute Gasteiger partial charge is 0.0628 e. The van der Waals surface area contributed by atoms with E-state index in [9.17, 15) is 0 Å². The molecule has 0 saturated heterocycles. The molecule has 16 heavy (non-hydrogen) atoms. The zero-order valence-electron chi connectivity index (χ0n) is 11.5. The molecule has 3 nitrogen and oxygen atoms in total. The third-order valence-corrected chi connectivity index (χ3v) is 3.07. The van der Waals surface area contributed by atoms with Gasteiger partial charge in [-0.3, -0.25) is 4.68 Å². The predicted molar refractivity (Wildman–Crippen MR) is 68.9 cm³/mol. The highest BCUT2D eigenvalue weighted by Gasteiger charge is 2.14. The van der Waals surface area contributed by atoms with Crippen molar-refractivity contribution >= 4 is 0 Å². The van der Waals surface area contributed by atoms with E-state index in [4.69, 9.17) is 0 Å². The van der Waals surface area contributed by atoms with Gasteiger partial charge in [-0.1, -0.05) is 20.8 Å². The number of rotatable bonds is 5. The lowest BCUT2D eigenvalue weighted by molar-refractivity contribution is 0.425. The van der Waals surface area contributed by atoms with Crippen LogP contribution in [0.15, 0.2) is 0 Å². The van der Waals surface area contributed by atoms with Crippen molar-refractivity contribution in [2.75, 3.05) is 6.54 Å². The molecule has 0 fully saturated rings. The van der Waals surface area contributed by atoms with Crippen LogP contribution in [0.5, 0.6) is 0 Å². The van der Waals surface area contributed by atoms with E-state index in [2.05, 4.69) is 56.6 Å². The van der Waals surface area contributed by atoms with Gasteiger partial charge in [0, 0.05) is 18.3 Å². The fourth-order valence-electron chi connectivity index (χ4n) is 2.13. The topological polar surface area (TPSA) is 29.9 Å². The SMILES string of the molecule is CCc1c(C)nn(C(C)CNC(C)C)c1C. The van der Waals surface area contributed by atoms with E-state index in [0.29, 0.717) is 12.1 Å². The third-order valence-electron chi connectivity index (χ3n) is 3.07. The maximum absolute atomic E-state index is 4.64. The Kier molecular flexibility index (Phi) is 4.54. The Bertz CT molecular complexity index is 339. The lowest BCUT2D eigenvalue weighted by Gasteiger charge is -2.17. The van der Waals surface area contributed by atoms with Crippen molar-refractivity contribution in [2.24, 2.45) is 0 Å². The summed E-state index contributed by atoms with van der Waals surface area (Å²) in [4.78, 5) is 0. The zero-order chi connectivity index (χ0) is 12.3. The van der Waals surface area contributed by atoms with Gasteiger partial charge in [0.2, 0.25) is 0 Å². The van der Waals surface area contributed by atoms with Crippen LogP contribution in [0.25, 0.3) is 0 Å². The molecule has 0 amide bonds. The summed E-state index contributed by atoms with van der Waals surface area (Å²) < 4.78 is 2.16. The van der Waals surface area contributed by atoms with Crippen LogP contribution in [-0.2, 0) is 6.42 Å². The van der Waals surface area contributed by atoms with Crippen LogP contribution < -0.4 is 5.32 Å². The largest absolute Gasteiger partial charge is 0.312 e. The van der Waals surface area contributed by atoms with Crippen LogP contribution in [0.2, 0.25) is 0 Å². The maximum Gasteiger partial charge on any atom is 0.0628 e. The molecule has 0 spiro atoms. The van der Waals surface area contributed by atoms with Gasteiger partial charge >= 0.3 is 0 Å². The highest BCUT2D eigenvalue weighted by Crippen LogP contribution is 2.17. The molecule has 0 saturated carbocycles. The summed E-state index contributed by atoms with van der Waals surface area (Å²) in [6.07, 6.45) is 1.07. The maximum atomic E-state index is 4.64. The van der Waals surface area contributed by atoms with Crippen LogP contribution in [-0.4, -0.2) is 22.4 Å². The van der Waals surface area contributed by atoms with Gasteiger partial charge in [0.1, 0.15) is 0 Å². The minimum Gasteiger partial charge on any atom is -0.312 e. The Labute approximate surface area is 99.2 Å². The average Bonchev–Trinajstić information content (AvgIpc) is 2.50. The number of hydrogen-bond donors (Lipinski definition) is 1. The molecule has 92 valence electrons. The van der Waals surface area contributed by atoms with E-state index >= 15 is 0 Å². The quantitative estimate of drug-likeness (QED) is 0.831. The predicted octanol–water partition coefficient (Wildman–Crippen LogP) is 2.62. The molecule has 0 aliphatic heterocycles. The molecule has 0 aromatic carbocycles. The number of hydrogen-bond acceptors (Lipinski definition) is 2. The van der Waals surface area contributed by atoms with Gasteiger partial charge in [0.25, 0.3) is 0 Å². The summed E-state index contributed by atoms with van der Waals surface area (Å²) in [6.45, 7) is 14.0. The molecule has 0 aliphatic carbocycles. The number of aryl methyl sites for hydroxylation is 1. The molecular formula is C13H25N3. The second-order valence-electron chi connectivity index (χ2n) is 4.86. The second kappa shape index (κ2) is 5.48. The van der Waals surface area contributed by atoms with Gasteiger partial charge in [-0.15, -0.1) is 0 Å². The first-order valence-corrected chi connectivity index (χ1v) is 6.25. The Hall–Kier alpha value is -0.830. The van der Waals surface area contributed by atoms with Gasteiger partial charge in [-0.25, -0.2) is 0 Å². The molecule has 1 N–H and O–H groups in total. The Morgan fingerprint density at radius 1 is 1.25 bits per heavy atom. The van der Waals surface area contributed by atoms with Crippen LogP contribution in [0.4, 0.5) is 0 Å². The molecule has 1 unspecified atom stereocenters. The molecule has 1 aromatic rings. The number of nitrogens with zero attached hydrogens (tertiary/aromatic N) is 2. The van der Waals surface area contributed by atoms with Crippen molar-refractivity contribution in [3.63, 3.8) is 0 Å². The normalized spacial score (nSPS) is 13.4. The molecule has 1 rings (SSSR count). The van der Waals surface area contributed by atoms with E-state index in [1.807, 2.05) is 0 Å². The van der Waals surface area contributed by atoms with E-state index in [-0.39, 0.29) is 0 Å². The van der Waals surface area contributed by atoms with Crippen molar-refractivity contribution in [1.29, 1.82) is 0 Å². The average molecular weight is 223 g/mol. The lowest BCUT2D eigenvalue weighted by Crippen LogP contribution is -2.30. The van der Waals surface area contributed by atoms with Crippen molar-refractivity contribution < 1.29 is 0 Å². The van der Waals surface area contributed by atoms with E-state index in [1.54, 1.807) is 0 Å². The molecule has 1 atom stereocenters. The summed E-state index contributed by atoms with van der Waals surface area (Å²) >= 11 is 0. The summed E-state index contributed by atoms with van der Waals surface area (Å²) in [5.74, 6) is 0. The number of nitrogens with one attached hydrogen (secondary N) is 1. The Balaban J connectivity index is 2.79. The van der Waals surface area contributed by atoms with Crippen molar-refractivity contribution in [3.05, 3.63) is 17.0 Å². The van der Waals surface area contributed by atoms with Crippen molar-refractivity contribution in [3.8, 4) is 0 Å². The van der Waals surface area contributed by atoms with Crippen molar-refractivity contribution in [1.82, 2.24) is 15.1 Å². The number of aromatic nitrogens is 2. The Morgan fingerprint density at radius 3 is 2.31 bits per heavy atom. The highest BCUT2D eigenvalue weighted by atomic mass is 15.3. The lowest BCUT2D eigenvalue weighted by atomic mass is 10.1. The summed E-state index contributed by atoms with van der Waals surface area (Å²) in [6, 6.07) is 0.950. The first-order valence-electron chi connectivity index (χ1n) is 6.25. The summed E-state index contributed by atoms with van der Waals surface area (Å²) in [5, 5.41) is 8.09. The standard InChI is InChI=1S/C13H25N3/c1-7-13-11(5)15-16(12(13)6)10(4)8-14-9(2)3/h9-10,14H,7-8H2,1-6H3. The minimum absolute atomic E-state index is 0.418. The summed E-state index contributed by atoms with van der Waals surface area (Å²) in [5.41, 5.74) is 3.89. The molecule has 3 heteroatoms. The van der Waals surface area contributed by atoms with Gasteiger partial charge in [0.05, 0.1) is 11.7 Å². The molecule has 1 heterocycles. The first kappa shape index (κ1) is 13.2. The van der Waals surface area contributed by atoms with Crippen LogP contribution in [0.1, 0.15) is 50.7 Å². The van der Waals surface area contributed by atoms with Gasteiger partial charge in [-0.05, 0) is 32.8 Å². The van der Waals surface area contributed by atoms with Crippen molar-refractivity contribution in [2.45, 2.75) is 60.0 Å². The monoisotopic (exact) mass is 223 g/mol.